The number of nitrogens with zero attached hydrogens (tertiary/aromatic N) is 3. The van der Waals surface area contributed by atoms with Gasteiger partial charge in [-0.2, -0.15) is 5.10 Å². The molecule has 5 aromatic rings. The van der Waals surface area contributed by atoms with Crippen LogP contribution in [-0.2, 0) is 12.2 Å². The van der Waals surface area contributed by atoms with Crippen LogP contribution in [0.5, 0.6) is 0 Å². The van der Waals surface area contributed by atoms with Gasteiger partial charge >= 0.3 is 0 Å². The van der Waals surface area contributed by atoms with Gasteiger partial charge in [0, 0.05) is 39.0 Å². The van der Waals surface area contributed by atoms with E-state index >= 15 is 0 Å². The van der Waals surface area contributed by atoms with E-state index in [4.69, 9.17) is 33.3 Å². The van der Waals surface area contributed by atoms with E-state index in [0.29, 0.717) is 15.8 Å². The Balaban J connectivity index is 1.66. The van der Waals surface area contributed by atoms with Crippen LogP contribution in [0.4, 0.5) is 0 Å². The SMILES string of the molecule is Cc1nc2c(-c3ccccc3)c(C)nn2c(SCc2ccc(Cl)cc2Cl)c1Cc1ccccc1. The molecule has 0 radical (unpaired) electrons. The fourth-order valence-electron chi connectivity index (χ4n) is 4.15. The van der Waals surface area contributed by atoms with Crippen molar-refractivity contribution in [1.82, 2.24) is 14.6 Å². The standard InChI is InChI=1S/C28H23Cl2N3S/c1-18-24(15-20-9-5-3-6-10-20)28(34-17-22-13-14-23(29)16-25(22)30)33-27(31-18)26(19(2)32-33)21-11-7-4-8-12-21/h3-14,16H,15,17H2,1-2H3. The highest BCUT2D eigenvalue weighted by Gasteiger charge is 2.21. The van der Waals surface area contributed by atoms with Gasteiger partial charge in [0.1, 0.15) is 5.03 Å². The Hall–Kier alpha value is -2.79. The maximum absolute atomic E-state index is 6.49. The van der Waals surface area contributed by atoms with Crippen molar-refractivity contribution in [2.24, 2.45) is 0 Å². The number of benzene rings is 3. The van der Waals surface area contributed by atoms with Crippen LogP contribution in [0.25, 0.3) is 16.8 Å². The zero-order valence-corrected chi connectivity index (χ0v) is 21.3. The number of rotatable bonds is 6. The van der Waals surface area contributed by atoms with E-state index in [2.05, 4.69) is 43.3 Å². The third-order valence-corrected chi connectivity index (χ3v) is 7.60. The Morgan fingerprint density at radius 1 is 0.853 bits per heavy atom. The Morgan fingerprint density at radius 2 is 1.56 bits per heavy atom. The van der Waals surface area contributed by atoms with Crippen LogP contribution in [0.15, 0.2) is 83.9 Å². The van der Waals surface area contributed by atoms with Crippen LogP contribution in [0.1, 0.15) is 28.1 Å². The first-order chi connectivity index (χ1) is 16.5. The van der Waals surface area contributed by atoms with E-state index in [1.165, 1.54) is 11.1 Å². The van der Waals surface area contributed by atoms with Gasteiger partial charge in [-0.3, -0.25) is 0 Å². The second kappa shape index (κ2) is 9.83. The molecule has 0 N–H and O–H groups in total. The maximum Gasteiger partial charge on any atom is 0.164 e. The molecule has 3 nitrogen and oxygen atoms in total. The van der Waals surface area contributed by atoms with Crippen molar-refractivity contribution in [1.29, 1.82) is 0 Å². The van der Waals surface area contributed by atoms with Crippen LogP contribution < -0.4 is 0 Å². The van der Waals surface area contributed by atoms with E-state index in [1.807, 2.05) is 47.8 Å². The van der Waals surface area contributed by atoms with E-state index in [1.54, 1.807) is 17.8 Å². The summed E-state index contributed by atoms with van der Waals surface area (Å²) in [6.07, 6.45) is 0.784. The van der Waals surface area contributed by atoms with Gasteiger partial charge in [0.05, 0.1) is 5.69 Å². The van der Waals surface area contributed by atoms with Crippen LogP contribution in [0.3, 0.4) is 0 Å². The molecule has 170 valence electrons. The molecule has 0 saturated carbocycles. The number of thioether (sulfide) groups is 1. The topological polar surface area (TPSA) is 30.2 Å². The number of fused-ring (bicyclic) bond motifs is 1. The summed E-state index contributed by atoms with van der Waals surface area (Å²) in [6.45, 7) is 4.14. The van der Waals surface area contributed by atoms with Crippen LogP contribution in [0, 0.1) is 13.8 Å². The summed E-state index contributed by atoms with van der Waals surface area (Å²) in [5, 5.41) is 7.36. The Labute approximate surface area is 213 Å². The molecule has 2 heterocycles. The molecule has 5 rings (SSSR count). The fraction of sp³-hybridized carbons (Fsp3) is 0.143. The van der Waals surface area contributed by atoms with E-state index in [9.17, 15) is 0 Å². The predicted octanol–water partition coefficient (Wildman–Crippen LogP) is 8.20. The molecule has 0 atom stereocenters. The summed E-state index contributed by atoms with van der Waals surface area (Å²) >= 11 is 14.3. The van der Waals surface area contributed by atoms with Gasteiger partial charge < -0.3 is 0 Å². The highest BCUT2D eigenvalue weighted by molar-refractivity contribution is 7.98. The second-order valence-electron chi connectivity index (χ2n) is 8.23. The zero-order valence-electron chi connectivity index (χ0n) is 18.9. The quantitative estimate of drug-likeness (QED) is 0.172. The summed E-state index contributed by atoms with van der Waals surface area (Å²) in [5.41, 5.74) is 8.50. The molecule has 0 spiro atoms. The van der Waals surface area contributed by atoms with Gasteiger partial charge in [0.25, 0.3) is 0 Å². The molecule has 3 aromatic carbocycles. The number of aromatic nitrogens is 3. The summed E-state index contributed by atoms with van der Waals surface area (Å²) < 4.78 is 2.01. The molecule has 6 heteroatoms. The van der Waals surface area contributed by atoms with E-state index in [0.717, 1.165) is 45.2 Å². The molecule has 0 unspecified atom stereocenters. The lowest BCUT2D eigenvalue weighted by molar-refractivity contribution is 0.792. The van der Waals surface area contributed by atoms with Gasteiger partial charge in [0.15, 0.2) is 5.65 Å². The number of aryl methyl sites for hydroxylation is 2. The lowest BCUT2D eigenvalue weighted by atomic mass is 10.0. The molecule has 0 aliphatic heterocycles. The first-order valence-electron chi connectivity index (χ1n) is 11.1. The molecule has 0 fully saturated rings. The third kappa shape index (κ3) is 4.58. The average Bonchev–Trinajstić information content (AvgIpc) is 3.16. The third-order valence-electron chi connectivity index (χ3n) is 5.86. The Morgan fingerprint density at radius 3 is 2.26 bits per heavy atom. The minimum absolute atomic E-state index is 0.640. The maximum atomic E-state index is 6.49. The summed E-state index contributed by atoms with van der Waals surface area (Å²) in [7, 11) is 0. The van der Waals surface area contributed by atoms with Crippen LogP contribution in [0.2, 0.25) is 10.0 Å². The van der Waals surface area contributed by atoms with Crippen molar-refractivity contribution in [2.75, 3.05) is 0 Å². The van der Waals surface area contributed by atoms with Gasteiger partial charge in [-0.1, -0.05) is 89.9 Å². The summed E-state index contributed by atoms with van der Waals surface area (Å²) in [4.78, 5) is 5.06. The van der Waals surface area contributed by atoms with E-state index < -0.39 is 0 Å². The van der Waals surface area contributed by atoms with E-state index in [-0.39, 0.29) is 0 Å². The smallest absolute Gasteiger partial charge is 0.164 e. The number of halogens is 2. The second-order valence-corrected chi connectivity index (χ2v) is 10.0. The molecule has 0 saturated heterocycles. The van der Waals surface area contributed by atoms with Gasteiger partial charge in [0.2, 0.25) is 0 Å². The largest absolute Gasteiger partial charge is 0.233 e. The van der Waals surface area contributed by atoms with Crippen molar-refractivity contribution in [3.05, 3.63) is 117 Å². The lowest BCUT2D eigenvalue weighted by Crippen LogP contribution is -2.06. The number of hydrogen-bond donors (Lipinski definition) is 0. The first kappa shape index (κ1) is 23.0. The Bertz CT molecular complexity index is 1460. The molecular formula is C28H23Cl2N3S. The van der Waals surface area contributed by atoms with Crippen molar-refractivity contribution in [3.8, 4) is 11.1 Å². The molecule has 34 heavy (non-hydrogen) atoms. The van der Waals surface area contributed by atoms with Crippen molar-refractivity contribution < 1.29 is 0 Å². The fourth-order valence-corrected chi connectivity index (χ4v) is 5.89. The highest BCUT2D eigenvalue weighted by atomic mass is 35.5. The average molecular weight is 504 g/mol. The molecule has 0 aliphatic carbocycles. The van der Waals surface area contributed by atoms with Crippen molar-refractivity contribution in [2.45, 2.75) is 31.0 Å². The first-order valence-corrected chi connectivity index (χ1v) is 12.8. The monoisotopic (exact) mass is 503 g/mol. The molecular weight excluding hydrogens is 481 g/mol. The minimum Gasteiger partial charge on any atom is -0.233 e. The van der Waals surface area contributed by atoms with Crippen molar-refractivity contribution >= 4 is 40.6 Å². The van der Waals surface area contributed by atoms with Crippen LogP contribution in [-0.4, -0.2) is 14.6 Å². The predicted molar refractivity (Wildman–Crippen MR) is 143 cm³/mol. The van der Waals surface area contributed by atoms with Crippen molar-refractivity contribution in [3.63, 3.8) is 0 Å². The minimum atomic E-state index is 0.640. The summed E-state index contributed by atoms with van der Waals surface area (Å²) in [6, 6.07) is 26.5. The molecule has 0 bridgehead atoms. The van der Waals surface area contributed by atoms with Crippen LogP contribution >= 0.6 is 35.0 Å². The molecule has 2 aromatic heterocycles. The van der Waals surface area contributed by atoms with Gasteiger partial charge in [-0.15, -0.1) is 11.8 Å². The highest BCUT2D eigenvalue weighted by Crippen LogP contribution is 2.36. The zero-order chi connectivity index (χ0) is 23.7. The lowest BCUT2D eigenvalue weighted by Gasteiger charge is -2.15. The Kier molecular flexibility index (Phi) is 6.64. The number of hydrogen-bond acceptors (Lipinski definition) is 3. The molecule has 0 aliphatic rings. The van der Waals surface area contributed by atoms with Gasteiger partial charge in [-0.25, -0.2) is 9.50 Å². The summed E-state index contributed by atoms with van der Waals surface area (Å²) in [5.74, 6) is 0.704. The van der Waals surface area contributed by atoms with Gasteiger partial charge in [-0.05, 0) is 42.7 Å². The molecule has 0 amide bonds. The normalized spacial score (nSPS) is 11.3.